The van der Waals surface area contributed by atoms with Crippen LogP contribution >= 0.6 is 0 Å². The minimum absolute atomic E-state index is 0.0146. The lowest BCUT2D eigenvalue weighted by Gasteiger charge is -2.08. The molecule has 1 heterocycles. The molecule has 5 heteroatoms. The summed E-state index contributed by atoms with van der Waals surface area (Å²) < 4.78 is 18.6. The molecule has 0 saturated carbocycles. The summed E-state index contributed by atoms with van der Waals surface area (Å²) in [5, 5.41) is 5.42. The first-order valence-electron chi connectivity index (χ1n) is 5.94. The number of aryl methyl sites for hydroxylation is 1. The monoisotopic (exact) mass is 262 g/mol. The van der Waals surface area contributed by atoms with Crippen molar-refractivity contribution in [3.05, 3.63) is 53.7 Å². The molecule has 19 heavy (non-hydrogen) atoms. The number of benzene rings is 1. The van der Waals surface area contributed by atoms with E-state index in [9.17, 15) is 9.18 Å². The zero-order valence-corrected chi connectivity index (χ0v) is 10.6. The fourth-order valence-corrected chi connectivity index (χ4v) is 1.60. The van der Waals surface area contributed by atoms with Gasteiger partial charge in [0.05, 0.1) is 25.0 Å². The van der Waals surface area contributed by atoms with Gasteiger partial charge >= 0.3 is 0 Å². The van der Waals surface area contributed by atoms with Crippen LogP contribution in [0.2, 0.25) is 0 Å². The highest BCUT2D eigenvalue weighted by Crippen LogP contribution is 2.14. The first kappa shape index (κ1) is 13.1. The summed E-state index contributed by atoms with van der Waals surface area (Å²) in [5.41, 5.74) is 1.16. The Morgan fingerprint density at radius 3 is 2.89 bits per heavy atom. The van der Waals surface area contributed by atoms with E-state index >= 15 is 0 Å². The molecule has 0 spiro atoms. The summed E-state index contributed by atoms with van der Waals surface area (Å²) in [5.74, 6) is 0.0880. The number of carbonyl (C=O) groups excluding carboxylic acids is 1. The molecule has 0 radical (unpaired) electrons. The maximum atomic E-state index is 13.5. The van der Waals surface area contributed by atoms with Gasteiger partial charge in [-0.25, -0.2) is 4.39 Å². The second-order valence-electron chi connectivity index (χ2n) is 4.19. The number of nitrogens with one attached hydrogen (secondary N) is 2. The van der Waals surface area contributed by atoms with Gasteiger partial charge in [-0.2, -0.15) is 0 Å². The number of carbonyl (C=O) groups is 1. The smallest absolute Gasteiger partial charge is 0.239 e. The molecule has 100 valence electrons. The highest BCUT2D eigenvalue weighted by molar-refractivity contribution is 5.80. The molecule has 0 aliphatic carbocycles. The Kier molecular flexibility index (Phi) is 4.18. The molecular weight excluding hydrogens is 247 g/mol. The minimum atomic E-state index is -0.362. The molecule has 0 bridgehead atoms. The van der Waals surface area contributed by atoms with Crippen LogP contribution in [-0.2, 0) is 11.3 Å². The lowest BCUT2D eigenvalue weighted by Crippen LogP contribution is -2.29. The summed E-state index contributed by atoms with van der Waals surface area (Å²) in [7, 11) is 0. The Hall–Kier alpha value is -2.30. The number of furan rings is 1. The molecule has 2 aromatic rings. The topological polar surface area (TPSA) is 54.3 Å². The van der Waals surface area contributed by atoms with Crippen LogP contribution in [0.1, 0.15) is 11.3 Å². The average molecular weight is 262 g/mol. The highest BCUT2D eigenvalue weighted by atomic mass is 19.1. The van der Waals surface area contributed by atoms with E-state index in [2.05, 4.69) is 10.6 Å². The Morgan fingerprint density at radius 1 is 1.37 bits per heavy atom. The van der Waals surface area contributed by atoms with Crippen molar-refractivity contribution in [2.45, 2.75) is 13.5 Å². The Bertz CT molecular complexity index is 553. The van der Waals surface area contributed by atoms with Crippen molar-refractivity contribution in [2.24, 2.45) is 0 Å². The number of hydrogen-bond acceptors (Lipinski definition) is 3. The Labute approximate surface area is 110 Å². The zero-order chi connectivity index (χ0) is 13.7. The number of amides is 1. The van der Waals surface area contributed by atoms with Gasteiger partial charge in [0.15, 0.2) is 0 Å². The lowest BCUT2D eigenvalue weighted by atomic mass is 10.2. The predicted octanol–water partition coefficient (Wildman–Crippen LogP) is 2.46. The zero-order valence-electron chi connectivity index (χ0n) is 10.6. The molecular formula is C14H15FN2O2. The normalized spacial score (nSPS) is 10.2. The Balaban J connectivity index is 1.80. The van der Waals surface area contributed by atoms with Crippen LogP contribution in [0, 0.1) is 12.7 Å². The van der Waals surface area contributed by atoms with Gasteiger partial charge < -0.3 is 15.1 Å². The summed E-state index contributed by atoms with van der Waals surface area (Å²) in [6, 6.07) is 8.34. The molecule has 2 N–H and O–H groups in total. The van der Waals surface area contributed by atoms with Crippen LogP contribution in [0.25, 0.3) is 0 Å². The summed E-state index contributed by atoms with van der Waals surface area (Å²) >= 11 is 0. The van der Waals surface area contributed by atoms with Crippen molar-refractivity contribution in [1.82, 2.24) is 5.32 Å². The van der Waals surface area contributed by atoms with Gasteiger partial charge in [0.2, 0.25) is 5.91 Å². The second kappa shape index (κ2) is 6.04. The fraction of sp³-hybridized carbons (Fsp3) is 0.214. The van der Waals surface area contributed by atoms with E-state index in [0.717, 1.165) is 5.56 Å². The summed E-state index contributed by atoms with van der Waals surface area (Å²) in [6.07, 6.45) is 1.54. The number of rotatable bonds is 5. The second-order valence-corrected chi connectivity index (χ2v) is 4.19. The van der Waals surface area contributed by atoms with Crippen LogP contribution in [0.4, 0.5) is 10.1 Å². The molecule has 0 fully saturated rings. The van der Waals surface area contributed by atoms with Gasteiger partial charge in [0.1, 0.15) is 11.6 Å². The number of halogens is 1. The SMILES string of the molecule is Cc1ccc(NCC(=O)NCc2ccco2)c(F)c1. The molecule has 0 aliphatic rings. The third-order valence-corrected chi connectivity index (χ3v) is 2.60. The van der Waals surface area contributed by atoms with Crippen molar-refractivity contribution in [2.75, 3.05) is 11.9 Å². The number of hydrogen-bond donors (Lipinski definition) is 2. The molecule has 0 saturated heterocycles. The third-order valence-electron chi connectivity index (χ3n) is 2.60. The van der Waals surface area contributed by atoms with Crippen LogP contribution in [0.15, 0.2) is 41.0 Å². The van der Waals surface area contributed by atoms with E-state index in [1.54, 1.807) is 30.5 Å². The summed E-state index contributed by atoms with van der Waals surface area (Å²) in [6.45, 7) is 2.15. The van der Waals surface area contributed by atoms with E-state index in [1.807, 2.05) is 6.92 Å². The standard InChI is InChI=1S/C14H15FN2O2/c1-10-4-5-13(12(15)7-10)16-9-14(18)17-8-11-3-2-6-19-11/h2-7,16H,8-9H2,1H3,(H,17,18). The average Bonchev–Trinajstić information content (AvgIpc) is 2.88. The molecule has 0 unspecified atom stereocenters. The van der Waals surface area contributed by atoms with Crippen LogP contribution in [0.5, 0.6) is 0 Å². The van der Waals surface area contributed by atoms with Crippen molar-refractivity contribution in [3.63, 3.8) is 0 Å². The van der Waals surface area contributed by atoms with E-state index in [0.29, 0.717) is 18.0 Å². The molecule has 1 aromatic carbocycles. The molecule has 0 atom stereocenters. The van der Waals surface area contributed by atoms with E-state index < -0.39 is 0 Å². The van der Waals surface area contributed by atoms with E-state index in [1.165, 1.54) is 6.07 Å². The van der Waals surface area contributed by atoms with Gasteiger partial charge in [-0.05, 0) is 36.8 Å². The van der Waals surface area contributed by atoms with Crippen molar-refractivity contribution < 1.29 is 13.6 Å². The van der Waals surface area contributed by atoms with Crippen LogP contribution in [-0.4, -0.2) is 12.5 Å². The molecule has 2 rings (SSSR count). The van der Waals surface area contributed by atoms with Gasteiger partial charge in [0, 0.05) is 0 Å². The largest absolute Gasteiger partial charge is 0.467 e. The van der Waals surface area contributed by atoms with Crippen LogP contribution < -0.4 is 10.6 Å². The number of anilines is 1. The quantitative estimate of drug-likeness (QED) is 0.870. The molecule has 1 aromatic heterocycles. The highest BCUT2D eigenvalue weighted by Gasteiger charge is 2.05. The van der Waals surface area contributed by atoms with Crippen molar-refractivity contribution >= 4 is 11.6 Å². The maximum absolute atomic E-state index is 13.5. The Morgan fingerprint density at radius 2 is 2.21 bits per heavy atom. The minimum Gasteiger partial charge on any atom is -0.467 e. The fourth-order valence-electron chi connectivity index (χ4n) is 1.60. The van der Waals surface area contributed by atoms with Crippen LogP contribution in [0.3, 0.4) is 0 Å². The summed E-state index contributed by atoms with van der Waals surface area (Å²) in [4.78, 5) is 11.6. The van der Waals surface area contributed by atoms with Gasteiger partial charge in [-0.15, -0.1) is 0 Å². The van der Waals surface area contributed by atoms with Crippen molar-refractivity contribution in [3.8, 4) is 0 Å². The lowest BCUT2D eigenvalue weighted by molar-refractivity contribution is -0.119. The van der Waals surface area contributed by atoms with E-state index in [-0.39, 0.29) is 18.3 Å². The third kappa shape index (κ3) is 3.84. The first-order valence-corrected chi connectivity index (χ1v) is 5.94. The molecule has 4 nitrogen and oxygen atoms in total. The predicted molar refractivity (Wildman–Crippen MR) is 70.2 cm³/mol. The van der Waals surface area contributed by atoms with Gasteiger partial charge in [0.25, 0.3) is 0 Å². The first-order chi connectivity index (χ1) is 9.15. The maximum Gasteiger partial charge on any atom is 0.239 e. The molecule has 1 amide bonds. The van der Waals surface area contributed by atoms with Gasteiger partial charge in [-0.1, -0.05) is 6.07 Å². The van der Waals surface area contributed by atoms with E-state index in [4.69, 9.17) is 4.42 Å². The van der Waals surface area contributed by atoms with Crippen molar-refractivity contribution in [1.29, 1.82) is 0 Å². The van der Waals surface area contributed by atoms with Gasteiger partial charge in [-0.3, -0.25) is 4.79 Å². The molecule has 0 aliphatic heterocycles.